The fourth-order valence-corrected chi connectivity index (χ4v) is 5.76. The van der Waals surface area contributed by atoms with Gasteiger partial charge < -0.3 is 18.9 Å². The van der Waals surface area contributed by atoms with E-state index in [1.807, 2.05) is 39.3 Å². The van der Waals surface area contributed by atoms with Gasteiger partial charge in [0.15, 0.2) is 11.6 Å². The average Bonchev–Trinajstić information content (AvgIpc) is 3.30. The highest BCUT2D eigenvalue weighted by molar-refractivity contribution is 6.02. The molecule has 10 heteroatoms. The molecule has 32 heavy (non-hydrogen) atoms. The Morgan fingerprint density at radius 2 is 2.00 bits per heavy atom. The third-order valence-corrected chi connectivity index (χ3v) is 6.89. The van der Waals surface area contributed by atoms with Crippen molar-refractivity contribution >= 4 is 41.0 Å². The number of nitrogens with zero attached hydrogens (tertiary/aromatic N) is 5. The maximum Gasteiger partial charge on any atom is 0.416 e. The van der Waals surface area contributed by atoms with Gasteiger partial charge in [-0.15, -0.1) is 0 Å². The fraction of sp³-hybridized carbons (Fsp3) is 0.545. The van der Waals surface area contributed by atoms with E-state index < -0.39 is 17.3 Å². The van der Waals surface area contributed by atoms with E-state index in [0.29, 0.717) is 30.7 Å². The molecule has 4 atom stereocenters. The van der Waals surface area contributed by atoms with Crippen LogP contribution in [-0.2, 0) is 15.9 Å². The van der Waals surface area contributed by atoms with E-state index in [2.05, 4.69) is 20.0 Å². The van der Waals surface area contributed by atoms with Crippen LogP contribution in [0.25, 0.3) is 11.0 Å². The van der Waals surface area contributed by atoms with Gasteiger partial charge in [0, 0.05) is 19.0 Å². The largest absolute Gasteiger partial charge is 0.447 e. The van der Waals surface area contributed by atoms with Crippen LogP contribution in [0.15, 0.2) is 20.6 Å². The SMILES string of the molecule is C[C@H]1CN2c3c(cc4c(N5C(=O)OC[C@@H]5C)noc4c3F)CC3(C=NCN=C3)[C@@H]2[C@@H](C)O1. The summed E-state index contributed by atoms with van der Waals surface area (Å²) in [5.74, 6) is -0.190. The number of ether oxygens (including phenoxy) is 2. The lowest BCUT2D eigenvalue weighted by molar-refractivity contribution is -0.0432. The monoisotopic (exact) mass is 441 g/mol. The summed E-state index contributed by atoms with van der Waals surface area (Å²) >= 11 is 0. The van der Waals surface area contributed by atoms with E-state index in [9.17, 15) is 4.79 Å². The second kappa shape index (κ2) is 6.74. The fourth-order valence-electron chi connectivity index (χ4n) is 5.76. The maximum atomic E-state index is 16.0. The minimum Gasteiger partial charge on any atom is -0.447 e. The van der Waals surface area contributed by atoms with E-state index in [4.69, 9.17) is 14.0 Å². The molecule has 0 radical (unpaired) electrons. The first-order chi connectivity index (χ1) is 15.4. The minimum atomic E-state index is -0.512. The summed E-state index contributed by atoms with van der Waals surface area (Å²) in [6.07, 6.45) is 3.66. The molecule has 5 heterocycles. The Bertz CT molecular complexity index is 1160. The Balaban J connectivity index is 1.56. The van der Waals surface area contributed by atoms with Crippen LogP contribution in [0, 0.1) is 11.2 Å². The zero-order valence-electron chi connectivity index (χ0n) is 18.1. The molecule has 9 nitrogen and oxygen atoms in total. The highest BCUT2D eigenvalue weighted by Crippen LogP contribution is 2.48. The normalized spacial score (nSPS) is 30.7. The highest BCUT2D eigenvalue weighted by Gasteiger charge is 2.52. The molecule has 0 N–H and O–H groups in total. The number of carbonyl (C=O) groups is 1. The molecule has 168 valence electrons. The van der Waals surface area contributed by atoms with Gasteiger partial charge in [-0.25, -0.2) is 9.18 Å². The van der Waals surface area contributed by atoms with Gasteiger partial charge in [-0.1, -0.05) is 5.16 Å². The molecular formula is C22H24FN5O4. The first-order valence-electron chi connectivity index (χ1n) is 10.9. The number of hydrogen-bond acceptors (Lipinski definition) is 8. The van der Waals surface area contributed by atoms with E-state index in [1.165, 1.54) is 4.90 Å². The van der Waals surface area contributed by atoms with Crippen molar-refractivity contribution in [3.8, 4) is 0 Å². The molecular weight excluding hydrogens is 417 g/mol. The van der Waals surface area contributed by atoms with Crippen molar-refractivity contribution in [2.45, 2.75) is 51.5 Å². The lowest BCUT2D eigenvalue weighted by atomic mass is 9.69. The molecule has 2 aromatic rings. The average molecular weight is 441 g/mol. The number of anilines is 2. The summed E-state index contributed by atoms with van der Waals surface area (Å²) in [6.45, 7) is 7.03. The van der Waals surface area contributed by atoms with Crippen LogP contribution >= 0.6 is 0 Å². The van der Waals surface area contributed by atoms with Crippen LogP contribution in [0.2, 0.25) is 0 Å². The van der Waals surface area contributed by atoms with Crippen molar-refractivity contribution in [1.29, 1.82) is 0 Å². The standard InChI is InChI=1S/C22H24FN5O4/c1-11-7-30-21(29)28(11)20-15-4-14-5-22(8-24-10-25-9-22)19-13(3)31-12(2)6-27(19)17(14)16(23)18(15)32-26-20/h4,8-9,11-13,19H,5-7,10H2,1-3H3/t11-,12-,13+,19-/m0/s1. The Morgan fingerprint density at radius 1 is 1.22 bits per heavy atom. The van der Waals surface area contributed by atoms with Crippen LogP contribution in [-0.4, -0.2) is 67.8 Å². The molecule has 2 fully saturated rings. The number of benzene rings is 1. The zero-order valence-corrected chi connectivity index (χ0v) is 18.1. The number of amides is 1. The second-order valence-electron chi connectivity index (χ2n) is 9.18. The van der Waals surface area contributed by atoms with Crippen molar-refractivity contribution in [2.24, 2.45) is 15.4 Å². The summed E-state index contributed by atoms with van der Waals surface area (Å²) in [5, 5.41) is 4.52. The Hall–Kier alpha value is -3.01. The maximum absolute atomic E-state index is 16.0. The topological polar surface area (TPSA) is 92.8 Å². The smallest absolute Gasteiger partial charge is 0.416 e. The third kappa shape index (κ3) is 2.58. The lowest BCUT2D eigenvalue weighted by Gasteiger charge is -2.54. The predicted octanol–water partition coefficient (Wildman–Crippen LogP) is 2.95. The van der Waals surface area contributed by atoms with Gasteiger partial charge >= 0.3 is 6.09 Å². The number of fused-ring (bicyclic) bond motifs is 5. The molecule has 1 aromatic carbocycles. The first-order valence-corrected chi connectivity index (χ1v) is 10.9. The molecule has 0 saturated carbocycles. The molecule has 1 amide bonds. The van der Waals surface area contributed by atoms with Crippen molar-refractivity contribution in [2.75, 3.05) is 29.6 Å². The van der Waals surface area contributed by atoms with Gasteiger partial charge in [0.1, 0.15) is 13.3 Å². The van der Waals surface area contributed by atoms with Crippen LogP contribution in [0.4, 0.5) is 20.7 Å². The summed E-state index contributed by atoms with van der Waals surface area (Å²) in [4.78, 5) is 24.7. The number of halogens is 1. The minimum absolute atomic E-state index is 0.0399. The predicted molar refractivity (Wildman–Crippen MR) is 116 cm³/mol. The Morgan fingerprint density at radius 3 is 2.72 bits per heavy atom. The van der Waals surface area contributed by atoms with Crippen LogP contribution in [0.1, 0.15) is 26.3 Å². The van der Waals surface area contributed by atoms with Crippen LogP contribution < -0.4 is 9.80 Å². The van der Waals surface area contributed by atoms with Crippen molar-refractivity contribution in [3.05, 3.63) is 17.4 Å². The molecule has 0 unspecified atom stereocenters. The van der Waals surface area contributed by atoms with Crippen molar-refractivity contribution < 1.29 is 23.2 Å². The summed E-state index contributed by atoms with van der Waals surface area (Å²) < 4.78 is 32.7. The van der Waals surface area contributed by atoms with Gasteiger partial charge in [-0.2, -0.15) is 0 Å². The molecule has 1 aromatic heterocycles. The zero-order chi connectivity index (χ0) is 22.2. The molecule has 0 bridgehead atoms. The number of cyclic esters (lactones) is 1. The Kier molecular flexibility index (Phi) is 4.14. The van der Waals surface area contributed by atoms with E-state index in [1.54, 1.807) is 0 Å². The molecule has 1 spiro atoms. The van der Waals surface area contributed by atoms with Gasteiger partial charge in [0.2, 0.25) is 5.58 Å². The third-order valence-electron chi connectivity index (χ3n) is 6.89. The number of aliphatic imine (C=N–C) groups is 2. The summed E-state index contributed by atoms with van der Waals surface area (Å²) in [6, 6.07) is 1.52. The number of hydrogen-bond donors (Lipinski definition) is 0. The number of morpholine rings is 1. The van der Waals surface area contributed by atoms with E-state index in [-0.39, 0.29) is 42.3 Å². The number of aromatic nitrogens is 1. The van der Waals surface area contributed by atoms with Gasteiger partial charge in [-0.05, 0) is 38.8 Å². The molecule has 4 aliphatic rings. The highest BCUT2D eigenvalue weighted by atomic mass is 19.1. The quantitative estimate of drug-likeness (QED) is 0.676. The second-order valence-corrected chi connectivity index (χ2v) is 9.18. The van der Waals surface area contributed by atoms with Gasteiger partial charge in [-0.3, -0.25) is 14.9 Å². The van der Waals surface area contributed by atoms with Crippen molar-refractivity contribution in [1.82, 2.24) is 5.16 Å². The van der Waals surface area contributed by atoms with Gasteiger partial charge in [0.05, 0.1) is 40.8 Å². The number of rotatable bonds is 1. The summed E-state index contributed by atoms with van der Waals surface area (Å²) in [7, 11) is 0. The summed E-state index contributed by atoms with van der Waals surface area (Å²) in [5.41, 5.74) is 0.833. The van der Waals surface area contributed by atoms with Crippen LogP contribution in [0.5, 0.6) is 0 Å². The van der Waals surface area contributed by atoms with Gasteiger partial charge in [0.25, 0.3) is 0 Å². The van der Waals surface area contributed by atoms with E-state index >= 15 is 4.39 Å². The molecule has 0 aliphatic carbocycles. The van der Waals surface area contributed by atoms with Crippen LogP contribution in [0.3, 0.4) is 0 Å². The van der Waals surface area contributed by atoms with Crippen molar-refractivity contribution in [3.63, 3.8) is 0 Å². The molecule has 4 aliphatic heterocycles. The lowest BCUT2D eigenvalue weighted by Crippen LogP contribution is -2.65. The first kappa shape index (κ1) is 19.7. The molecule has 6 rings (SSSR count). The van der Waals surface area contributed by atoms with E-state index in [0.717, 1.165) is 5.56 Å². The number of carbonyl (C=O) groups excluding carboxylic acids is 1. The Labute approximate surface area is 183 Å². The molecule has 2 saturated heterocycles.